The van der Waals surface area contributed by atoms with Crippen LogP contribution in [0.4, 0.5) is 0 Å². The van der Waals surface area contributed by atoms with E-state index in [9.17, 15) is 9.59 Å². The molecule has 3 aromatic rings. The van der Waals surface area contributed by atoms with Crippen LogP contribution in [0.2, 0.25) is 0 Å². The summed E-state index contributed by atoms with van der Waals surface area (Å²) >= 11 is 0. The number of H-pyrrole nitrogens is 2. The number of carbonyl (C=O) groups is 1. The minimum atomic E-state index is -0.513. The van der Waals surface area contributed by atoms with Crippen molar-refractivity contribution in [2.45, 2.75) is 13.1 Å². The van der Waals surface area contributed by atoms with Gasteiger partial charge in [-0.1, -0.05) is 30.3 Å². The quantitative estimate of drug-likeness (QED) is 0.746. The molecule has 0 saturated heterocycles. The highest BCUT2D eigenvalue weighted by Gasteiger charge is 2.20. The van der Waals surface area contributed by atoms with Crippen molar-refractivity contribution in [2.75, 3.05) is 0 Å². The van der Waals surface area contributed by atoms with Crippen LogP contribution in [0.25, 0.3) is 0 Å². The summed E-state index contributed by atoms with van der Waals surface area (Å²) < 4.78 is 5.30. The van der Waals surface area contributed by atoms with Crippen molar-refractivity contribution in [3.05, 3.63) is 76.4 Å². The molecule has 7 nitrogen and oxygen atoms in total. The molecule has 112 valence electrons. The first-order valence-corrected chi connectivity index (χ1v) is 6.72. The number of aromatic nitrogens is 3. The molecule has 0 aliphatic rings. The zero-order valence-corrected chi connectivity index (χ0v) is 11.7. The molecule has 2 aromatic heterocycles. The fourth-order valence-electron chi connectivity index (χ4n) is 2.12. The van der Waals surface area contributed by atoms with Crippen LogP contribution in [-0.2, 0) is 13.1 Å². The molecule has 0 saturated carbocycles. The number of hydrogen-bond acceptors (Lipinski definition) is 4. The molecule has 0 fully saturated rings. The molecule has 1 amide bonds. The highest BCUT2D eigenvalue weighted by molar-refractivity contribution is 5.90. The number of carbonyl (C=O) groups excluding carboxylic acids is 1. The Labute approximate surface area is 125 Å². The summed E-state index contributed by atoms with van der Waals surface area (Å²) in [5, 5.41) is 5.89. The van der Waals surface area contributed by atoms with Crippen LogP contribution in [0.5, 0.6) is 0 Å². The van der Waals surface area contributed by atoms with Gasteiger partial charge in [-0.2, -0.15) is 0 Å². The predicted molar refractivity (Wildman–Crippen MR) is 77.9 cm³/mol. The van der Waals surface area contributed by atoms with Crippen molar-refractivity contribution < 1.29 is 9.21 Å². The number of nitrogens with zero attached hydrogens (tertiary/aromatic N) is 2. The molecule has 3 rings (SSSR count). The average molecular weight is 298 g/mol. The lowest BCUT2D eigenvalue weighted by Gasteiger charge is -2.20. The summed E-state index contributed by atoms with van der Waals surface area (Å²) in [6.45, 7) is 0.672. The Morgan fingerprint density at radius 1 is 1.14 bits per heavy atom. The predicted octanol–water partition coefficient (Wildman–Crippen LogP) is 1.53. The summed E-state index contributed by atoms with van der Waals surface area (Å²) in [6, 6.07) is 13.1. The van der Waals surface area contributed by atoms with Gasteiger partial charge in [0.15, 0.2) is 0 Å². The van der Waals surface area contributed by atoms with Gasteiger partial charge in [0.1, 0.15) is 5.76 Å². The average Bonchev–Trinajstić information content (AvgIpc) is 3.18. The van der Waals surface area contributed by atoms with E-state index in [2.05, 4.69) is 15.2 Å². The van der Waals surface area contributed by atoms with E-state index in [1.54, 1.807) is 23.3 Å². The summed E-state index contributed by atoms with van der Waals surface area (Å²) in [6.07, 6.45) is 1.55. The van der Waals surface area contributed by atoms with Gasteiger partial charge < -0.3 is 9.32 Å². The summed E-state index contributed by atoms with van der Waals surface area (Å²) in [5.41, 5.74) is 0.460. The first-order chi connectivity index (χ1) is 10.7. The smallest absolute Gasteiger partial charge is 0.341 e. The first kappa shape index (κ1) is 13.9. The molecule has 7 heteroatoms. The number of hydrogen-bond donors (Lipinski definition) is 2. The minimum Gasteiger partial charge on any atom is -0.467 e. The maximum absolute atomic E-state index is 12.5. The number of amides is 1. The summed E-state index contributed by atoms with van der Waals surface area (Å²) in [4.78, 5) is 27.6. The normalized spacial score (nSPS) is 10.5. The molecular weight excluding hydrogens is 284 g/mol. The van der Waals surface area contributed by atoms with Gasteiger partial charge in [-0.15, -0.1) is 5.10 Å². The van der Waals surface area contributed by atoms with E-state index in [0.717, 1.165) is 5.56 Å². The first-order valence-electron chi connectivity index (χ1n) is 6.72. The standard InChI is InChI=1S/C15H14N4O3/c20-14(13-16-15(21)18-17-13)19(10-12-7-4-8-22-12)9-11-5-2-1-3-6-11/h1-8H,9-10H2,(H2,16,17,18,21). The van der Waals surface area contributed by atoms with Crippen LogP contribution in [0.15, 0.2) is 57.9 Å². The monoisotopic (exact) mass is 298 g/mol. The van der Waals surface area contributed by atoms with Gasteiger partial charge in [-0.3, -0.25) is 9.78 Å². The SMILES string of the molecule is O=C(c1n[nH]c(=O)[nH]1)N(Cc1ccccc1)Cc1ccco1. The molecule has 1 aromatic carbocycles. The molecule has 0 atom stereocenters. The Morgan fingerprint density at radius 2 is 1.95 bits per heavy atom. The number of furan rings is 1. The molecule has 0 aliphatic heterocycles. The topological polar surface area (TPSA) is 95.0 Å². The largest absolute Gasteiger partial charge is 0.467 e. The van der Waals surface area contributed by atoms with E-state index >= 15 is 0 Å². The lowest BCUT2D eigenvalue weighted by Crippen LogP contribution is -2.31. The van der Waals surface area contributed by atoms with Crippen LogP contribution in [0.3, 0.4) is 0 Å². The van der Waals surface area contributed by atoms with Crippen LogP contribution in [0.1, 0.15) is 21.9 Å². The minimum absolute atomic E-state index is 0.0208. The third-order valence-electron chi connectivity index (χ3n) is 3.13. The molecule has 0 bridgehead atoms. The highest BCUT2D eigenvalue weighted by Crippen LogP contribution is 2.12. The van der Waals surface area contributed by atoms with Crippen molar-refractivity contribution in [1.82, 2.24) is 20.1 Å². The number of nitrogens with one attached hydrogen (secondary N) is 2. The van der Waals surface area contributed by atoms with Gasteiger partial charge in [0.05, 0.1) is 12.8 Å². The van der Waals surface area contributed by atoms with E-state index in [1.807, 2.05) is 30.3 Å². The molecule has 2 N–H and O–H groups in total. The van der Waals surface area contributed by atoms with Gasteiger partial charge in [0.25, 0.3) is 5.91 Å². The fourth-order valence-corrected chi connectivity index (χ4v) is 2.12. The maximum atomic E-state index is 12.5. The molecule has 0 radical (unpaired) electrons. The number of benzene rings is 1. The number of rotatable bonds is 5. The third kappa shape index (κ3) is 3.14. The fraction of sp³-hybridized carbons (Fsp3) is 0.133. The maximum Gasteiger partial charge on any atom is 0.341 e. The lowest BCUT2D eigenvalue weighted by atomic mass is 10.2. The van der Waals surface area contributed by atoms with E-state index in [1.165, 1.54) is 0 Å². The summed E-state index contributed by atoms with van der Waals surface area (Å²) in [7, 11) is 0. The second-order valence-electron chi connectivity index (χ2n) is 4.75. The molecular formula is C15H14N4O3. The van der Waals surface area contributed by atoms with Crippen LogP contribution in [0, 0.1) is 0 Å². The Hall–Kier alpha value is -3.09. The van der Waals surface area contributed by atoms with Crippen molar-refractivity contribution in [2.24, 2.45) is 0 Å². The van der Waals surface area contributed by atoms with Crippen LogP contribution >= 0.6 is 0 Å². The van der Waals surface area contributed by atoms with Gasteiger partial charge >= 0.3 is 5.69 Å². The zero-order valence-electron chi connectivity index (χ0n) is 11.7. The van der Waals surface area contributed by atoms with Crippen LogP contribution < -0.4 is 5.69 Å². The van der Waals surface area contributed by atoms with E-state index < -0.39 is 5.69 Å². The summed E-state index contributed by atoms with van der Waals surface area (Å²) in [5.74, 6) is 0.258. The van der Waals surface area contributed by atoms with Gasteiger partial charge in [-0.05, 0) is 17.7 Å². The van der Waals surface area contributed by atoms with E-state index in [0.29, 0.717) is 12.3 Å². The second kappa shape index (κ2) is 6.13. The Balaban J connectivity index is 1.85. The van der Waals surface area contributed by atoms with Crippen molar-refractivity contribution >= 4 is 5.91 Å². The van der Waals surface area contributed by atoms with Crippen molar-refractivity contribution in [3.63, 3.8) is 0 Å². The Bertz CT molecular complexity index is 790. The van der Waals surface area contributed by atoms with E-state index in [4.69, 9.17) is 4.42 Å². The molecule has 22 heavy (non-hydrogen) atoms. The highest BCUT2D eigenvalue weighted by atomic mass is 16.3. The third-order valence-corrected chi connectivity index (χ3v) is 3.13. The lowest BCUT2D eigenvalue weighted by molar-refractivity contribution is 0.0705. The number of aromatic amines is 2. The van der Waals surface area contributed by atoms with Crippen molar-refractivity contribution in [3.8, 4) is 0 Å². The van der Waals surface area contributed by atoms with Gasteiger partial charge in [0.2, 0.25) is 5.82 Å². The molecule has 0 unspecified atom stereocenters. The van der Waals surface area contributed by atoms with Crippen molar-refractivity contribution in [1.29, 1.82) is 0 Å². The van der Waals surface area contributed by atoms with E-state index in [-0.39, 0.29) is 18.3 Å². The molecule has 0 aliphatic carbocycles. The Kier molecular flexibility index (Phi) is 3.86. The van der Waals surface area contributed by atoms with Crippen LogP contribution in [-0.4, -0.2) is 26.0 Å². The molecule has 2 heterocycles. The molecule has 0 spiro atoms. The van der Waals surface area contributed by atoms with Gasteiger partial charge in [-0.25, -0.2) is 9.89 Å². The second-order valence-corrected chi connectivity index (χ2v) is 4.75. The Morgan fingerprint density at radius 3 is 2.59 bits per heavy atom. The van der Waals surface area contributed by atoms with Gasteiger partial charge in [0, 0.05) is 6.54 Å². The zero-order chi connectivity index (χ0) is 15.4.